The number of nitrogens with one attached hydrogen (secondary N) is 1. The number of carbonyl (C=O) groups is 1. The lowest BCUT2D eigenvalue weighted by Crippen LogP contribution is -2.15. The summed E-state index contributed by atoms with van der Waals surface area (Å²) in [5.41, 5.74) is 0.946. The first-order chi connectivity index (χ1) is 7.95. The second-order valence-corrected chi connectivity index (χ2v) is 4.00. The van der Waals surface area contributed by atoms with E-state index >= 15 is 0 Å². The van der Waals surface area contributed by atoms with Crippen LogP contribution in [0.2, 0.25) is 0 Å². The normalized spacial score (nSPS) is 11.9. The molecule has 1 atom stereocenters. The van der Waals surface area contributed by atoms with Crippen molar-refractivity contribution in [3.8, 4) is 0 Å². The molecule has 0 bridgehead atoms. The van der Waals surface area contributed by atoms with Gasteiger partial charge in [0.1, 0.15) is 0 Å². The molecule has 1 aromatic carbocycles. The van der Waals surface area contributed by atoms with Crippen LogP contribution in [0.25, 0.3) is 0 Å². The number of nitrogens with zero attached hydrogens (tertiary/aromatic N) is 1. The lowest BCUT2D eigenvalue weighted by molar-refractivity contribution is -0.384. The first kappa shape index (κ1) is 13.2. The number of ketones is 1. The summed E-state index contributed by atoms with van der Waals surface area (Å²) in [4.78, 5) is 21.6. The lowest BCUT2D eigenvalue weighted by Gasteiger charge is -2.15. The number of hydrogen-bond acceptors (Lipinski definition) is 4. The fourth-order valence-electron chi connectivity index (χ4n) is 1.43. The third-order valence-electron chi connectivity index (χ3n) is 2.61. The van der Waals surface area contributed by atoms with Crippen LogP contribution in [-0.2, 0) is 0 Å². The molecule has 1 N–H and O–H groups in total. The third-order valence-corrected chi connectivity index (χ3v) is 2.61. The van der Waals surface area contributed by atoms with Gasteiger partial charge in [0.2, 0.25) is 0 Å². The second kappa shape index (κ2) is 5.43. The van der Waals surface area contributed by atoms with E-state index in [1.807, 2.05) is 13.8 Å². The van der Waals surface area contributed by atoms with E-state index in [4.69, 9.17) is 0 Å². The lowest BCUT2D eigenvalue weighted by atomic mass is 10.1. The van der Waals surface area contributed by atoms with Crippen molar-refractivity contribution in [1.82, 2.24) is 0 Å². The Morgan fingerprint density at radius 3 is 2.65 bits per heavy atom. The van der Waals surface area contributed by atoms with Gasteiger partial charge in [-0.15, -0.1) is 0 Å². The van der Waals surface area contributed by atoms with Gasteiger partial charge < -0.3 is 5.32 Å². The Balaban J connectivity index is 3.13. The molecular weight excluding hydrogens is 220 g/mol. The summed E-state index contributed by atoms with van der Waals surface area (Å²) in [6, 6.07) is 4.51. The van der Waals surface area contributed by atoms with E-state index in [-0.39, 0.29) is 17.5 Å². The number of non-ortho nitro benzene ring substituents is 1. The van der Waals surface area contributed by atoms with Crippen molar-refractivity contribution >= 4 is 17.2 Å². The standard InChI is InChI=1S/C12H16N2O3/c1-4-8(2)13-12-6-5-10(14(16)17)7-11(12)9(3)15/h5-8,13H,4H2,1-3H3. The van der Waals surface area contributed by atoms with Crippen LogP contribution in [-0.4, -0.2) is 16.7 Å². The van der Waals surface area contributed by atoms with Gasteiger partial charge >= 0.3 is 0 Å². The molecule has 92 valence electrons. The maximum Gasteiger partial charge on any atom is 0.270 e. The summed E-state index contributed by atoms with van der Waals surface area (Å²) in [6.07, 6.45) is 0.911. The molecule has 0 aliphatic heterocycles. The molecule has 0 saturated heterocycles. The number of anilines is 1. The molecule has 1 aromatic rings. The molecule has 0 spiro atoms. The molecule has 0 fully saturated rings. The van der Waals surface area contributed by atoms with Crippen LogP contribution in [0.1, 0.15) is 37.6 Å². The maximum absolute atomic E-state index is 11.4. The molecule has 0 aromatic heterocycles. The quantitative estimate of drug-likeness (QED) is 0.484. The van der Waals surface area contributed by atoms with E-state index in [0.717, 1.165) is 6.42 Å². The molecule has 0 radical (unpaired) electrons. The zero-order chi connectivity index (χ0) is 13.0. The highest BCUT2D eigenvalue weighted by molar-refractivity contribution is 6.00. The molecule has 0 saturated carbocycles. The average Bonchev–Trinajstić information content (AvgIpc) is 2.28. The summed E-state index contributed by atoms with van der Waals surface area (Å²) in [6.45, 7) is 5.42. The van der Waals surface area contributed by atoms with Gasteiger partial charge in [-0.1, -0.05) is 6.92 Å². The molecule has 1 rings (SSSR count). The van der Waals surface area contributed by atoms with Crippen LogP contribution >= 0.6 is 0 Å². The zero-order valence-electron chi connectivity index (χ0n) is 10.2. The monoisotopic (exact) mass is 236 g/mol. The minimum atomic E-state index is -0.501. The highest BCUT2D eigenvalue weighted by atomic mass is 16.6. The third kappa shape index (κ3) is 3.27. The van der Waals surface area contributed by atoms with Crippen molar-refractivity contribution < 1.29 is 9.72 Å². The molecule has 17 heavy (non-hydrogen) atoms. The van der Waals surface area contributed by atoms with E-state index < -0.39 is 4.92 Å². The largest absolute Gasteiger partial charge is 0.382 e. The Kier molecular flexibility index (Phi) is 4.20. The van der Waals surface area contributed by atoms with Gasteiger partial charge in [0.25, 0.3) is 5.69 Å². The van der Waals surface area contributed by atoms with E-state index in [9.17, 15) is 14.9 Å². The van der Waals surface area contributed by atoms with E-state index in [1.165, 1.54) is 19.1 Å². The van der Waals surface area contributed by atoms with E-state index in [2.05, 4.69) is 5.32 Å². The Morgan fingerprint density at radius 1 is 1.53 bits per heavy atom. The van der Waals surface area contributed by atoms with Gasteiger partial charge in [-0.05, 0) is 26.3 Å². The highest BCUT2D eigenvalue weighted by Crippen LogP contribution is 2.23. The maximum atomic E-state index is 11.4. The van der Waals surface area contributed by atoms with Crippen molar-refractivity contribution in [3.63, 3.8) is 0 Å². The fraction of sp³-hybridized carbons (Fsp3) is 0.417. The van der Waals surface area contributed by atoms with E-state index in [0.29, 0.717) is 11.3 Å². The second-order valence-electron chi connectivity index (χ2n) is 4.00. The number of benzene rings is 1. The van der Waals surface area contributed by atoms with Gasteiger partial charge in [0.05, 0.1) is 4.92 Å². The van der Waals surface area contributed by atoms with Crippen molar-refractivity contribution in [3.05, 3.63) is 33.9 Å². The van der Waals surface area contributed by atoms with Crippen molar-refractivity contribution in [1.29, 1.82) is 0 Å². The number of hydrogen-bond donors (Lipinski definition) is 1. The highest BCUT2D eigenvalue weighted by Gasteiger charge is 2.14. The Bertz CT molecular complexity index is 443. The number of rotatable bonds is 5. The summed E-state index contributed by atoms with van der Waals surface area (Å²) < 4.78 is 0. The SMILES string of the molecule is CCC(C)Nc1ccc([N+](=O)[O-])cc1C(C)=O. The van der Waals surface area contributed by atoms with Crippen molar-refractivity contribution in [2.24, 2.45) is 0 Å². The number of nitro benzene ring substituents is 1. The minimum absolute atomic E-state index is 0.0649. The summed E-state index contributed by atoms with van der Waals surface area (Å²) in [5, 5.41) is 13.8. The topological polar surface area (TPSA) is 72.2 Å². The minimum Gasteiger partial charge on any atom is -0.382 e. The summed E-state index contributed by atoms with van der Waals surface area (Å²) in [5.74, 6) is -0.181. The Morgan fingerprint density at radius 2 is 2.18 bits per heavy atom. The fourth-order valence-corrected chi connectivity index (χ4v) is 1.43. The molecule has 0 heterocycles. The molecule has 1 unspecified atom stereocenters. The van der Waals surface area contributed by atoms with Crippen LogP contribution < -0.4 is 5.32 Å². The van der Waals surface area contributed by atoms with Crippen LogP contribution in [0.15, 0.2) is 18.2 Å². The van der Waals surface area contributed by atoms with Gasteiger partial charge in [-0.3, -0.25) is 14.9 Å². The van der Waals surface area contributed by atoms with Gasteiger partial charge in [0.15, 0.2) is 5.78 Å². The first-order valence-electron chi connectivity index (χ1n) is 5.51. The van der Waals surface area contributed by atoms with Crippen LogP contribution in [0.4, 0.5) is 11.4 Å². The molecule has 0 aliphatic carbocycles. The zero-order valence-corrected chi connectivity index (χ0v) is 10.2. The van der Waals surface area contributed by atoms with Crippen molar-refractivity contribution in [2.75, 3.05) is 5.32 Å². The summed E-state index contributed by atoms with van der Waals surface area (Å²) in [7, 11) is 0. The van der Waals surface area contributed by atoms with Gasteiger partial charge in [-0.2, -0.15) is 0 Å². The number of nitro groups is 1. The predicted octanol–water partition coefficient (Wildman–Crippen LogP) is 3.01. The Labute approximate surface area is 100.0 Å². The van der Waals surface area contributed by atoms with Crippen LogP contribution in [0, 0.1) is 10.1 Å². The molecular formula is C12H16N2O3. The smallest absolute Gasteiger partial charge is 0.270 e. The molecule has 5 nitrogen and oxygen atoms in total. The average molecular weight is 236 g/mol. The van der Waals surface area contributed by atoms with Crippen LogP contribution in [0.5, 0.6) is 0 Å². The summed E-state index contributed by atoms with van der Waals surface area (Å²) >= 11 is 0. The molecule has 0 amide bonds. The number of Topliss-reactive ketones (excluding diaryl/α,β-unsaturated/α-hetero) is 1. The van der Waals surface area contributed by atoms with E-state index in [1.54, 1.807) is 6.07 Å². The predicted molar refractivity (Wildman–Crippen MR) is 66.5 cm³/mol. The van der Waals surface area contributed by atoms with Gasteiger partial charge in [-0.25, -0.2) is 0 Å². The van der Waals surface area contributed by atoms with Crippen molar-refractivity contribution in [2.45, 2.75) is 33.2 Å². The molecule has 0 aliphatic rings. The Hall–Kier alpha value is -1.91. The molecule has 5 heteroatoms. The number of carbonyl (C=O) groups excluding carboxylic acids is 1. The first-order valence-corrected chi connectivity index (χ1v) is 5.51. The van der Waals surface area contributed by atoms with Gasteiger partial charge in [0, 0.05) is 29.4 Å². The van der Waals surface area contributed by atoms with Crippen LogP contribution in [0.3, 0.4) is 0 Å².